The monoisotopic (exact) mass is 309 g/mol. The van der Waals surface area contributed by atoms with Crippen LogP contribution in [0.2, 0.25) is 5.02 Å². The lowest BCUT2D eigenvalue weighted by Gasteiger charge is -2.25. The molecule has 2 rings (SSSR count). The van der Waals surface area contributed by atoms with Crippen LogP contribution >= 0.6 is 11.6 Å². The minimum Gasteiger partial charge on any atom is -0.350 e. The molecule has 1 aromatic carbocycles. The van der Waals surface area contributed by atoms with E-state index >= 15 is 0 Å². The molecule has 0 radical (unpaired) electrons. The maximum atomic E-state index is 12.1. The number of hydrogen-bond donors (Lipinski definition) is 3. The average Bonchev–Trinajstić information content (AvgIpc) is 2.48. The average molecular weight is 310 g/mol. The van der Waals surface area contributed by atoms with Crippen molar-refractivity contribution in [3.63, 3.8) is 0 Å². The summed E-state index contributed by atoms with van der Waals surface area (Å²) in [6.07, 6.45) is 2.02. The summed E-state index contributed by atoms with van der Waals surface area (Å²) in [5.74, 6) is -0.443. The zero-order valence-corrected chi connectivity index (χ0v) is 12.7. The molecule has 1 aliphatic heterocycles. The summed E-state index contributed by atoms with van der Waals surface area (Å²) in [5, 5.41) is 9.45. The normalized spacial score (nSPS) is 19.6. The van der Waals surface area contributed by atoms with Crippen LogP contribution in [0.3, 0.4) is 0 Å². The van der Waals surface area contributed by atoms with E-state index in [1.54, 1.807) is 31.2 Å². The summed E-state index contributed by atoms with van der Waals surface area (Å²) in [7, 11) is 0. The third kappa shape index (κ3) is 4.72. The van der Waals surface area contributed by atoms with Crippen LogP contribution in [0, 0.1) is 0 Å². The molecule has 2 unspecified atom stereocenters. The van der Waals surface area contributed by atoms with Crippen LogP contribution in [0.15, 0.2) is 24.3 Å². The summed E-state index contributed by atoms with van der Waals surface area (Å²) < 4.78 is 0. The van der Waals surface area contributed by atoms with E-state index in [0.717, 1.165) is 25.9 Å². The Morgan fingerprint density at radius 2 is 2.05 bits per heavy atom. The van der Waals surface area contributed by atoms with Crippen molar-refractivity contribution in [1.82, 2.24) is 16.0 Å². The summed E-state index contributed by atoms with van der Waals surface area (Å²) in [4.78, 5) is 24.1. The van der Waals surface area contributed by atoms with Crippen LogP contribution in [0.25, 0.3) is 0 Å². The van der Waals surface area contributed by atoms with Crippen molar-refractivity contribution in [1.29, 1.82) is 0 Å². The van der Waals surface area contributed by atoms with Crippen LogP contribution in [-0.4, -0.2) is 37.0 Å². The number of benzene rings is 1. The Morgan fingerprint density at radius 1 is 1.33 bits per heavy atom. The molecule has 1 aromatic rings. The molecule has 0 spiro atoms. The molecule has 0 saturated carbocycles. The van der Waals surface area contributed by atoms with Gasteiger partial charge in [0.25, 0.3) is 5.91 Å². The second kappa shape index (κ2) is 7.43. The first kappa shape index (κ1) is 15.8. The van der Waals surface area contributed by atoms with Crippen LogP contribution in [-0.2, 0) is 4.79 Å². The summed E-state index contributed by atoms with van der Waals surface area (Å²) in [5.41, 5.74) is 0.485. The molecule has 3 N–H and O–H groups in total. The predicted octanol–water partition coefficient (Wildman–Crippen LogP) is 1.33. The Kier molecular flexibility index (Phi) is 5.59. The SMILES string of the molecule is CC(NC(=O)c1ccc(Cl)cc1)C(=O)NC1CCCNC1. The van der Waals surface area contributed by atoms with E-state index in [0.29, 0.717) is 10.6 Å². The second-order valence-corrected chi connectivity index (χ2v) is 5.69. The van der Waals surface area contributed by atoms with Gasteiger partial charge in [-0.1, -0.05) is 11.6 Å². The Hall–Kier alpha value is -1.59. The van der Waals surface area contributed by atoms with Gasteiger partial charge in [-0.3, -0.25) is 9.59 Å². The molecule has 0 aliphatic carbocycles. The molecule has 2 amide bonds. The van der Waals surface area contributed by atoms with Gasteiger partial charge in [0.15, 0.2) is 0 Å². The van der Waals surface area contributed by atoms with E-state index in [2.05, 4.69) is 16.0 Å². The van der Waals surface area contributed by atoms with Crippen LogP contribution < -0.4 is 16.0 Å². The topological polar surface area (TPSA) is 70.2 Å². The maximum Gasteiger partial charge on any atom is 0.251 e. The van der Waals surface area contributed by atoms with Gasteiger partial charge >= 0.3 is 0 Å². The molecule has 1 saturated heterocycles. The fraction of sp³-hybridized carbons (Fsp3) is 0.467. The van der Waals surface area contributed by atoms with E-state index in [1.165, 1.54) is 0 Å². The number of amides is 2. The lowest BCUT2D eigenvalue weighted by molar-refractivity contribution is -0.123. The summed E-state index contributed by atoms with van der Waals surface area (Å²) in [6.45, 7) is 3.46. The van der Waals surface area contributed by atoms with Crippen LogP contribution in [0.1, 0.15) is 30.1 Å². The quantitative estimate of drug-likeness (QED) is 0.786. The maximum absolute atomic E-state index is 12.1. The molecule has 114 valence electrons. The number of hydrogen-bond acceptors (Lipinski definition) is 3. The van der Waals surface area contributed by atoms with Crippen molar-refractivity contribution in [3.8, 4) is 0 Å². The molecular formula is C15H20ClN3O2. The largest absolute Gasteiger partial charge is 0.350 e. The first-order chi connectivity index (χ1) is 10.1. The Bertz CT molecular complexity index is 498. The zero-order valence-electron chi connectivity index (χ0n) is 12.0. The smallest absolute Gasteiger partial charge is 0.251 e. The third-order valence-corrected chi connectivity index (χ3v) is 3.74. The van der Waals surface area contributed by atoms with Crippen LogP contribution in [0.4, 0.5) is 0 Å². The van der Waals surface area contributed by atoms with Crippen molar-refractivity contribution < 1.29 is 9.59 Å². The van der Waals surface area contributed by atoms with E-state index in [-0.39, 0.29) is 17.9 Å². The van der Waals surface area contributed by atoms with Gasteiger partial charge in [0, 0.05) is 23.2 Å². The first-order valence-electron chi connectivity index (χ1n) is 7.14. The Balaban J connectivity index is 1.84. The minimum atomic E-state index is -0.574. The van der Waals surface area contributed by atoms with E-state index in [1.807, 2.05) is 0 Å². The molecule has 1 aliphatic rings. The van der Waals surface area contributed by atoms with Crippen molar-refractivity contribution in [2.75, 3.05) is 13.1 Å². The number of nitrogens with one attached hydrogen (secondary N) is 3. The Morgan fingerprint density at radius 3 is 2.67 bits per heavy atom. The highest BCUT2D eigenvalue weighted by Crippen LogP contribution is 2.09. The first-order valence-corrected chi connectivity index (χ1v) is 7.51. The van der Waals surface area contributed by atoms with Crippen molar-refractivity contribution in [3.05, 3.63) is 34.9 Å². The molecule has 5 nitrogen and oxygen atoms in total. The molecule has 1 heterocycles. The van der Waals surface area contributed by atoms with Gasteiger partial charge in [-0.05, 0) is 50.6 Å². The number of rotatable bonds is 4. The molecule has 2 atom stereocenters. The number of carbonyl (C=O) groups is 2. The highest BCUT2D eigenvalue weighted by Gasteiger charge is 2.21. The number of halogens is 1. The molecule has 0 aromatic heterocycles. The van der Waals surface area contributed by atoms with E-state index in [4.69, 9.17) is 11.6 Å². The van der Waals surface area contributed by atoms with Crippen molar-refractivity contribution in [2.45, 2.75) is 31.8 Å². The van der Waals surface area contributed by atoms with E-state index in [9.17, 15) is 9.59 Å². The predicted molar refractivity (Wildman–Crippen MR) is 82.4 cm³/mol. The lowest BCUT2D eigenvalue weighted by Crippen LogP contribution is -2.52. The van der Waals surface area contributed by atoms with Gasteiger partial charge in [0.05, 0.1) is 0 Å². The molecule has 6 heteroatoms. The molecule has 0 bridgehead atoms. The van der Waals surface area contributed by atoms with Gasteiger partial charge in [-0.2, -0.15) is 0 Å². The van der Waals surface area contributed by atoms with Crippen LogP contribution in [0.5, 0.6) is 0 Å². The van der Waals surface area contributed by atoms with Gasteiger partial charge in [-0.25, -0.2) is 0 Å². The second-order valence-electron chi connectivity index (χ2n) is 5.25. The number of carbonyl (C=O) groups excluding carboxylic acids is 2. The van der Waals surface area contributed by atoms with Crippen molar-refractivity contribution >= 4 is 23.4 Å². The fourth-order valence-corrected chi connectivity index (χ4v) is 2.37. The van der Waals surface area contributed by atoms with Gasteiger partial charge in [0.2, 0.25) is 5.91 Å². The van der Waals surface area contributed by atoms with Gasteiger partial charge in [0.1, 0.15) is 6.04 Å². The highest BCUT2D eigenvalue weighted by atomic mass is 35.5. The Labute approximate surface area is 129 Å². The summed E-state index contributed by atoms with van der Waals surface area (Å²) in [6, 6.07) is 6.13. The zero-order chi connectivity index (χ0) is 15.2. The highest BCUT2D eigenvalue weighted by molar-refractivity contribution is 6.30. The molecule has 21 heavy (non-hydrogen) atoms. The number of piperidine rings is 1. The van der Waals surface area contributed by atoms with Gasteiger partial charge in [-0.15, -0.1) is 0 Å². The molecule has 1 fully saturated rings. The minimum absolute atomic E-state index is 0.140. The summed E-state index contributed by atoms with van der Waals surface area (Å²) >= 11 is 5.78. The van der Waals surface area contributed by atoms with Gasteiger partial charge < -0.3 is 16.0 Å². The lowest BCUT2D eigenvalue weighted by atomic mass is 10.1. The standard InChI is InChI=1S/C15H20ClN3O2/c1-10(14(20)19-13-3-2-8-17-9-13)18-15(21)11-4-6-12(16)7-5-11/h4-7,10,13,17H,2-3,8-9H2,1H3,(H,18,21)(H,19,20). The molecular weight excluding hydrogens is 290 g/mol. The van der Waals surface area contributed by atoms with E-state index < -0.39 is 6.04 Å². The fourth-order valence-electron chi connectivity index (χ4n) is 2.25. The third-order valence-electron chi connectivity index (χ3n) is 3.49. The van der Waals surface area contributed by atoms with Crippen molar-refractivity contribution in [2.24, 2.45) is 0 Å².